The highest BCUT2D eigenvalue weighted by Crippen LogP contribution is 2.32. The Balaban J connectivity index is 1.98. The lowest BCUT2D eigenvalue weighted by Crippen LogP contribution is -2.25. The Morgan fingerprint density at radius 3 is 2.42 bits per heavy atom. The Morgan fingerprint density at radius 1 is 1.04 bits per heavy atom. The largest absolute Gasteiger partial charge is 0.505 e. The Morgan fingerprint density at radius 2 is 1.71 bits per heavy atom. The van der Waals surface area contributed by atoms with Crippen LogP contribution in [-0.2, 0) is 4.79 Å². The van der Waals surface area contributed by atoms with E-state index in [4.69, 9.17) is 4.74 Å². The summed E-state index contributed by atoms with van der Waals surface area (Å²) in [6, 6.07) is 16.5. The van der Waals surface area contributed by atoms with Crippen molar-refractivity contribution in [2.24, 2.45) is 0 Å². The highest BCUT2D eigenvalue weighted by atomic mass is 16.5. The minimum atomic E-state index is -1.26. The molecule has 0 saturated carbocycles. The molecule has 3 rings (SSSR count). The lowest BCUT2D eigenvalue weighted by atomic mass is 10.0. The molecule has 0 bridgehead atoms. The maximum absolute atomic E-state index is 11.3. The third kappa shape index (κ3) is 3.01. The number of aliphatic hydroxyl groups excluding tert-OH is 1. The molecule has 5 heteroatoms. The van der Waals surface area contributed by atoms with E-state index in [9.17, 15) is 15.0 Å². The summed E-state index contributed by atoms with van der Waals surface area (Å²) in [5.41, 5.74) is 1.05. The van der Waals surface area contributed by atoms with E-state index in [-0.39, 0.29) is 17.0 Å². The van der Waals surface area contributed by atoms with Crippen LogP contribution >= 0.6 is 0 Å². The summed E-state index contributed by atoms with van der Waals surface area (Å²) in [5.74, 6) is -0.424. The molecule has 24 heavy (non-hydrogen) atoms. The first-order valence-electron chi connectivity index (χ1n) is 7.23. The van der Waals surface area contributed by atoms with Crippen molar-refractivity contribution in [3.63, 3.8) is 0 Å². The van der Waals surface area contributed by atoms with Gasteiger partial charge in [-0.2, -0.15) is 0 Å². The Labute approximate surface area is 138 Å². The number of carboxylic acids is 1. The summed E-state index contributed by atoms with van der Waals surface area (Å²) in [4.78, 5) is 11.3. The number of aliphatic carboxylic acids is 1. The molecule has 0 atom stereocenters. The predicted octanol–water partition coefficient (Wildman–Crippen LogP) is 3.83. The van der Waals surface area contributed by atoms with Gasteiger partial charge in [-0.05, 0) is 30.3 Å². The van der Waals surface area contributed by atoms with Gasteiger partial charge in [0.25, 0.3) is 0 Å². The SMILES string of the molecule is C=C1C=C(c2ccccc2Oc2ccccc2)NC(C(=O)O)=C1O. The molecular formula is C19H15NO4. The van der Waals surface area contributed by atoms with Gasteiger partial charge in [-0.3, -0.25) is 0 Å². The highest BCUT2D eigenvalue weighted by molar-refractivity contribution is 5.92. The van der Waals surface area contributed by atoms with Gasteiger partial charge in [-0.15, -0.1) is 0 Å². The molecule has 1 aliphatic rings. The number of carbonyl (C=O) groups is 1. The Hall–Kier alpha value is -3.47. The van der Waals surface area contributed by atoms with Crippen molar-refractivity contribution in [1.29, 1.82) is 0 Å². The first-order valence-corrected chi connectivity index (χ1v) is 7.23. The average Bonchev–Trinajstić information content (AvgIpc) is 2.58. The predicted molar refractivity (Wildman–Crippen MR) is 90.5 cm³/mol. The van der Waals surface area contributed by atoms with Gasteiger partial charge in [0.1, 0.15) is 11.5 Å². The first-order chi connectivity index (χ1) is 11.6. The summed E-state index contributed by atoms with van der Waals surface area (Å²) in [5, 5.41) is 21.8. The third-order valence-electron chi connectivity index (χ3n) is 3.48. The minimum absolute atomic E-state index is 0.218. The van der Waals surface area contributed by atoms with Crippen LogP contribution in [0.4, 0.5) is 0 Å². The summed E-state index contributed by atoms with van der Waals surface area (Å²) in [7, 11) is 0. The molecule has 2 aromatic rings. The van der Waals surface area contributed by atoms with Crippen LogP contribution in [0.25, 0.3) is 5.70 Å². The zero-order valence-corrected chi connectivity index (χ0v) is 12.7. The number of hydrogen-bond donors (Lipinski definition) is 3. The molecule has 120 valence electrons. The van der Waals surface area contributed by atoms with Gasteiger partial charge in [0.15, 0.2) is 11.5 Å². The van der Waals surface area contributed by atoms with E-state index < -0.39 is 5.97 Å². The zero-order chi connectivity index (χ0) is 17.1. The van der Waals surface area contributed by atoms with Crippen molar-refractivity contribution < 1.29 is 19.7 Å². The summed E-state index contributed by atoms with van der Waals surface area (Å²) in [6.07, 6.45) is 1.58. The van der Waals surface area contributed by atoms with Crippen molar-refractivity contribution in [1.82, 2.24) is 5.32 Å². The second-order valence-electron chi connectivity index (χ2n) is 5.15. The number of ether oxygens (including phenoxy) is 1. The van der Waals surface area contributed by atoms with Crippen LogP contribution in [0.15, 0.2) is 84.3 Å². The highest BCUT2D eigenvalue weighted by Gasteiger charge is 2.23. The van der Waals surface area contributed by atoms with E-state index in [0.717, 1.165) is 0 Å². The maximum atomic E-state index is 11.3. The molecule has 0 fully saturated rings. The normalized spacial score (nSPS) is 14.0. The zero-order valence-electron chi connectivity index (χ0n) is 12.7. The number of benzene rings is 2. The smallest absolute Gasteiger partial charge is 0.356 e. The molecule has 1 aliphatic heterocycles. The molecule has 0 unspecified atom stereocenters. The van der Waals surface area contributed by atoms with Crippen molar-refractivity contribution in [2.75, 3.05) is 0 Å². The first kappa shape index (κ1) is 15.4. The summed E-state index contributed by atoms with van der Waals surface area (Å²) < 4.78 is 5.88. The summed E-state index contributed by atoms with van der Waals surface area (Å²) in [6.45, 7) is 3.69. The lowest BCUT2D eigenvalue weighted by Gasteiger charge is -2.21. The fourth-order valence-electron chi connectivity index (χ4n) is 2.33. The monoisotopic (exact) mass is 321 g/mol. The van der Waals surface area contributed by atoms with Gasteiger partial charge < -0.3 is 20.3 Å². The summed E-state index contributed by atoms with van der Waals surface area (Å²) >= 11 is 0. The van der Waals surface area contributed by atoms with Crippen molar-refractivity contribution in [3.05, 3.63) is 89.8 Å². The van der Waals surface area contributed by atoms with Crippen LogP contribution < -0.4 is 10.1 Å². The number of dihydropyridines is 1. The molecule has 0 amide bonds. The molecule has 0 aliphatic carbocycles. The van der Waals surface area contributed by atoms with Crippen LogP contribution in [0.3, 0.4) is 0 Å². The topological polar surface area (TPSA) is 78.8 Å². The number of para-hydroxylation sites is 2. The van der Waals surface area contributed by atoms with Crippen LogP contribution in [-0.4, -0.2) is 16.2 Å². The van der Waals surface area contributed by atoms with Crippen LogP contribution in [0.5, 0.6) is 11.5 Å². The van der Waals surface area contributed by atoms with E-state index >= 15 is 0 Å². The van der Waals surface area contributed by atoms with Gasteiger partial charge in [0.2, 0.25) is 0 Å². The molecule has 0 aromatic heterocycles. The van der Waals surface area contributed by atoms with Crippen molar-refractivity contribution in [2.45, 2.75) is 0 Å². The van der Waals surface area contributed by atoms with E-state index in [1.807, 2.05) is 42.5 Å². The maximum Gasteiger partial charge on any atom is 0.356 e. The number of rotatable bonds is 4. The van der Waals surface area contributed by atoms with Crippen molar-refractivity contribution >= 4 is 11.7 Å². The van der Waals surface area contributed by atoms with Gasteiger partial charge >= 0.3 is 5.97 Å². The van der Waals surface area contributed by atoms with Gasteiger partial charge in [-0.25, -0.2) is 4.79 Å². The molecule has 0 radical (unpaired) electrons. The minimum Gasteiger partial charge on any atom is -0.505 e. The van der Waals surface area contributed by atoms with E-state index in [1.165, 1.54) is 0 Å². The number of aliphatic hydroxyl groups is 1. The second kappa shape index (κ2) is 6.34. The molecule has 1 heterocycles. The lowest BCUT2D eigenvalue weighted by molar-refractivity contribution is -0.133. The van der Waals surface area contributed by atoms with E-state index in [0.29, 0.717) is 22.8 Å². The standard InChI is InChI=1S/C19H15NO4/c1-12-11-15(20-17(18(12)21)19(22)23)14-9-5-6-10-16(14)24-13-7-3-2-4-8-13/h2-11,20-21H,1H2,(H,22,23). The van der Waals surface area contributed by atoms with Gasteiger partial charge in [-0.1, -0.05) is 36.9 Å². The second-order valence-corrected chi connectivity index (χ2v) is 5.15. The number of allylic oxidation sites excluding steroid dienone is 1. The molecule has 3 N–H and O–H groups in total. The van der Waals surface area contributed by atoms with Crippen LogP contribution in [0.1, 0.15) is 5.56 Å². The number of hydrogen-bond acceptors (Lipinski definition) is 4. The molecule has 2 aromatic carbocycles. The Kier molecular flexibility index (Phi) is 4.07. The Bertz CT molecular complexity index is 866. The third-order valence-corrected chi connectivity index (χ3v) is 3.48. The number of nitrogens with one attached hydrogen (secondary N) is 1. The van der Waals surface area contributed by atoms with E-state index in [1.54, 1.807) is 18.2 Å². The quantitative estimate of drug-likeness (QED) is 0.797. The number of carboxylic acid groups (broad SMARTS) is 1. The molecule has 0 saturated heterocycles. The van der Waals surface area contributed by atoms with Crippen LogP contribution in [0, 0.1) is 0 Å². The fraction of sp³-hybridized carbons (Fsp3) is 0. The fourth-order valence-corrected chi connectivity index (χ4v) is 2.33. The molecule has 5 nitrogen and oxygen atoms in total. The average molecular weight is 321 g/mol. The van der Waals surface area contributed by atoms with Gasteiger partial charge in [0.05, 0.1) is 5.70 Å². The molecule has 0 spiro atoms. The van der Waals surface area contributed by atoms with E-state index in [2.05, 4.69) is 11.9 Å². The van der Waals surface area contributed by atoms with Gasteiger partial charge in [0, 0.05) is 11.1 Å². The van der Waals surface area contributed by atoms with Crippen LogP contribution in [0.2, 0.25) is 0 Å². The van der Waals surface area contributed by atoms with Crippen molar-refractivity contribution in [3.8, 4) is 11.5 Å². The molecular weight excluding hydrogens is 306 g/mol.